The molecule has 0 heterocycles. The minimum atomic E-state index is -3.27. The van der Waals surface area contributed by atoms with E-state index in [1.54, 1.807) is 36.4 Å². The van der Waals surface area contributed by atoms with Crippen LogP contribution in [0.1, 0.15) is 77.8 Å². The second-order valence-electron chi connectivity index (χ2n) is 10.2. The fraction of sp³-hybridized carbons (Fsp3) is 0.364. The molecule has 43 heavy (non-hydrogen) atoms. The second kappa shape index (κ2) is 15.7. The first-order valence-electron chi connectivity index (χ1n) is 14.2. The maximum Gasteiger partial charge on any atom is 0.343 e. The molecule has 0 aliphatic rings. The van der Waals surface area contributed by atoms with Crippen molar-refractivity contribution in [2.24, 2.45) is 0 Å². The molecule has 1 atom stereocenters. The number of ether oxygens (including phenoxy) is 3. The third-order valence-corrected chi connectivity index (χ3v) is 6.72. The van der Waals surface area contributed by atoms with E-state index in [4.69, 9.17) is 14.2 Å². The number of carbonyl (C=O) groups excluding carboxylic acids is 2. The lowest BCUT2D eigenvalue weighted by molar-refractivity contribution is -0.139. The Labute approximate surface area is 250 Å². The van der Waals surface area contributed by atoms with Crippen LogP contribution in [0.3, 0.4) is 0 Å². The zero-order valence-corrected chi connectivity index (χ0v) is 24.5. The van der Waals surface area contributed by atoms with Gasteiger partial charge in [-0.25, -0.2) is 18.4 Å². The number of benzene rings is 3. The van der Waals surface area contributed by atoms with Crippen molar-refractivity contribution in [1.82, 2.24) is 5.32 Å². The first-order chi connectivity index (χ1) is 20.5. The molecular weight excluding hydrogens is 560 g/mol. The number of alkyl halides is 2. The molecule has 3 aromatic carbocycles. The van der Waals surface area contributed by atoms with Gasteiger partial charge in [0.05, 0.1) is 24.8 Å². The number of methoxy groups -OCH3 is 1. The Kier molecular flexibility index (Phi) is 12.0. The van der Waals surface area contributed by atoms with Gasteiger partial charge in [-0.3, -0.25) is 4.79 Å². The van der Waals surface area contributed by atoms with Crippen LogP contribution in [0.4, 0.5) is 8.78 Å². The topological polar surface area (TPSA) is 111 Å². The van der Waals surface area contributed by atoms with Crippen molar-refractivity contribution < 1.29 is 42.5 Å². The summed E-state index contributed by atoms with van der Waals surface area (Å²) in [6, 6.07) is 15.0. The second-order valence-corrected chi connectivity index (χ2v) is 10.2. The number of aliphatic carboxylic acids is 1. The highest BCUT2D eigenvalue weighted by Gasteiger charge is 2.30. The molecule has 3 aromatic rings. The van der Waals surface area contributed by atoms with E-state index in [0.29, 0.717) is 30.4 Å². The summed E-state index contributed by atoms with van der Waals surface area (Å²) < 4.78 is 44.1. The summed E-state index contributed by atoms with van der Waals surface area (Å²) >= 11 is 0. The largest absolute Gasteiger partial charge is 0.496 e. The zero-order valence-electron chi connectivity index (χ0n) is 24.5. The van der Waals surface area contributed by atoms with Gasteiger partial charge in [0.25, 0.3) is 11.8 Å². The Balaban J connectivity index is 1.56. The first kappa shape index (κ1) is 33.0. The van der Waals surface area contributed by atoms with Crippen LogP contribution in [0, 0.1) is 0 Å². The van der Waals surface area contributed by atoms with Crippen LogP contribution in [0.2, 0.25) is 0 Å². The Hall–Kier alpha value is -4.47. The molecule has 0 radical (unpaired) electrons. The van der Waals surface area contributed by atoms with Crippen molar-refractivity contribution in [3.8, 4) is 17.2 Å². The third kappa shape index (κ3) is 10.1. The number of halogens is 2. The highest BCUT2D eigenvalue weighted by atomic mass is 19.3. The predicted molar refractivity (Wildman–Crippen MR) is 157 cm³/mol. The van der Waals surface area contributed by atoms with Crippen LogP contribution in [0.5, 0.6) is 17.2 Å². The summed E-state index contributed by atoms with van der Waals surface area (Å²) in [6.45, 7) is 3.46. The predicted octanol–water partition coefficient (Wildman–Crippen LogP) is 6.80. The molecule has 0 bridgehead atoms. The van der Waals surface area contributed by atoms with Crippen LogP contribution in [0.15, 0.2) is 66.7 Å². The molecule has 0 unspecified atom stereocenters. The third-order valence-electron chi connectivity index (χ3n) is 6.72. The van der Waals surface area contributed by atoms with Crippen molar-refractivity contribution >= 4 is 17.8 Å². The van der Waals surface area contributed by atoms with E-state index in [1.807, 2.05) is 0 Å². The van der Waals surface area contributed by atoms with E-state index < -0.39 is 35.4 Å². The van der Waals surface area contributed by atoms with E-state index in [0.717, 1.165) is 18.9 Å². The number of hydrogen-bond acceptors (Lipinski definition) is 6. The zero-order chi connectivity index (χ0) is 31.4. The molecule has 10 heteroatoms. The number of carbonyl (C=O) groups is 3. The lowest BCUT2D eigenvalue weighted by Gasteiger charge is -2.18. The fourth-order valence-corrected chi connectivity index (χ4v) is 4.31. The molecule has 0 spiro atoms. The highest BCUT2D eigenvalue weighted by molar-refractivity contribution is 5.97. The van der Waals surface area contributed by atoms with Crippen molar-refractivity contribution in [2.75, 3.05) is 13.7 Å². The van der Waals surface area contributed by atoms with Gasteiger partial charge in [0, 0.05) is 18.9 Å². The fourth-order valence-electron chi connectivity index (χ4n) is 4.31. The Morgan fingerprint density at radius 2 is 1.51 bits per heavy atom. The van der Waals surface area contributed by atoms with Gasteiger partial charge in [0.2, 0.25) is 0 Å². The molecule has 0 aliphatic heterocycles. The van der Waals surface area contributed by atoms with E-state index in [2.05, 4.69) is 12.2 Å². The number of rotatable bonds is 16. The molecule has 2 N–H and O–H groups in total. The van der Waals surface area contributed by atoms with E-state index in [1.165, 1.54) is 50.6 Å². The smallest absolute Gasteiger partial charge is 0.343 e. The van der Waals surface area contributed by atoms with Crippen LogP contribution >= 0.6 is 0 Å². The van der Waals surface area contributed by atoms with Gasteiger partial charge >= 0.3 is 11.9 Å². The molecular formula is C33H37F2NO7. The minimum absolute atomic E-state index is 0.0887. The molecule has 3 rings (SSSR count). The number of carboxylic acids is 1. The monoisotopic (exact) mass is 597 g/mol. The number of carboxylic acid groups (broad SMARTS) is 1. The van der Waals surface area contributed by atoms with Gasteiger partial charge in [-0.05, 0) is 66.6 Å². The molecule has 0 fully saturated rings. The summed E-state index contributed by atoms with van der Waals surface area (Å²) in [6.07, 6.45) is 5.60. The molecule has 0 aromatic heterocycles. The Bertz CT molecular complexity index is 1370. The number of hydrogen-bond donors (Lipinski definition) is 2. The van der Waals surface area contributed by atoms with Crippen LogP contribution in [-0.2, 0) is 17.1 Å². The number of esters is 1. The lowest BCUT2D eigenvalue weighted by atomic mass is 10.0. The molecule has 230 valence electrons. The summed E-state index contributed by atoms with van der Waals surface area (Å²) in [7, 11) is 1.24. The number of unbranched alkanes of at least 4 members (excludes halogenated alkanes) is 4. The van der Waals surface area contributed by atoms with Gasteiger partial charge in [-0.2, -0.15) is 0 Å². The maximum atomic E-state index is 14.0. The van der Waals surface area contributed by atoms with Gasteiger partial charge in [-0.1, -0.05) is 44.7 Å². The van der Waals surface area contributed by atoms with E-state index >= 15 is 0 Å². The summed E-state index contributed by atoms with van der Waals surface area (Å²) in [5, 5.41) is 12.0. The maximum absolute atomic E-state index is 14.0. The van der Waals surface area contributed by atoms with Gasteiger partial charge in [-0.15, -0.1) is 0 Å². The summed E-state index contributed by atoms with van der Waals surface area (Å²) in [5.74, 6) is -5.13. The van der Waals surface area contributed by atoms with Crippen molar-refractivity contribution in [3.05, 3.63) is 89.0 Å². The van der Waals surface area contributed by atoms with Crippen molar-refractivity contribution in [3.63, 3.8) is 0 Å². The van der Waals surface area contributed by atoms with Crippen LogP contribution in [-0.4, -0.2) is 42.7 Å². The lowest BCUT2D eigenvalue weighted by Crippen LogP contribution is -2.42. The minimum Gasteiger partial charge on any atom is -0.496 e. The number of amides is 1. The highest BCUT2D eigenvalue weighted by Crippen LogP contribution is 2.35. The first-order valence-corrected chi connectivity index (χ1v) is 14.2. The van der Waals surface area contributed by atoms with E-state index in [-0.39, 0.29) is 23.5 Å². The van der Waals surface area contributed by atoms with Gasteiger partial charge in [0.15, 0.2) is 0 Å². The molecule has 0 aliphatic carbocycles. The SMILES string of the molecule is CCCCCCCOc1ccc(C(=O)Oc2ccc(C[C@H](NC(=O)c3ccc(OC)c(C(C)(F)F)c3)C(=O)O)cc2)cc1. The molecule has 0 saturated heterocycles. The van der Waals surface area contributed by atoms with Crippen molar-refractivity contribution in [2.45, 2.75) is 64.3 Å². The standard InChI is InChI=1S/C33H37F2NO7/c1-4-5-6-7-8-19-42-25-16-11-23(12-17-25)32(40)43-26-14-9-22(10-15-26)20-28(31(38)39)36-30(37)24-13-18-29(41-3)27(21-24)33(2,34)35/h9-18,21,28H,4-8,19-20H2,1-3H3,(H,36,37)(H,38,39)/t28-/m0/s1. The van der Waals surface area contributed by atoms with E-state index in [9.17, 15) is 28.3 Å². The van der Waals surface area contributed by atoms with Gasteiger partial charge in [0.1, 0.15) is 23.3 Å². The normalized spacial score (nSPS) is 11.8. The average molecular weight is 598 g/mol. The molecule has 1 amide bonds. The van der Waals surface area contributed by atoms with Gasteiger partial charge < -0.3 is 24.6 Å². The molecule has 0 saturated carbocycles. The summed E-state index contributed by atoms with van der Waals surface area (Å²) in [4.78, 5) is 37.2. The van der Waals surface area contributed by atoms with Crippen LogP contribution in [0.25, 0.3) is 0 Å². The Morgan fingerprint density at radius 1 is 0.884 bits per heavy atom. The Morgan fingerprint density at radius 3 is 2.12 bits per heavy atom. The van der Waals surface area contributed by atoms with Crippen molar-refractivity contribution in [1.29, 1.82) is 0 Å². The average Bonchev–Trinajstić information content (AvgIpc) is 2.98. The number of nitrogens with one attached hydrogen (secondary N) is 1. The molecule has 8 nitrogen and oxygen atoms in total. The van der Waals surface area contributed by atoms with Crippen LogP contribution < -0.4 is 19.5 Å². The quantitative estimate of drug-likeness (QED) is 0.106. The summed E-state index contributed by atoms with van der Waals surface area (Å²) in [5.41, 5.74) is 0.264.